The molecular formula is C9H11N3OS. The topological polar surface area (TPSA) is 68.0 Å². The zero-order chi connectivity index (χ0) is 10.6. The van der Waals surface area contributed by atoms with Crippen LogP contribution in [0.25, 0.3) is 0 Å². The minimum Gasteiger partial charge on any atom is -0.393 e. The molecule has 1 aromatic rings. The molecule has 0 aliphatic rings. The maximum absolute atomic E-state index is 11.2. The first-order valence-corrected chi connectivity index (χ1v) is 4.49. The van der Waals surface area contributed by atoms with Crippen molar-refractivity contribution < 1.29 is 4.79 Å². The molecule has 0 aliphatic heterocycles. The third kappa shape index (κ3) is 3.49. The molecule has 0 atom stereocenters. The van der Waals surface area contributed by atoms with Crippen LogP contribution in [-0.4, -0.2) is 15.9 Å². The molecule has 0 fully saturated rings. The predicted molar refractivity (Wildman–Crippen MR) is 59.0 cm³/mol. The number of rotatable bonds is 3. The Labute approximate surface area is 87.5 Å². The van der Waals surface area contributed by atoms with Gasteiger partial charge in [-0.2, -0.15) is 0 Å². The first-order valence-electron chi connectivity index (χ1n) is 4.09. The van der Waals surface area contributed by atoms with Crippen LogP contribution in [-0.2, 0) is 4.79 Å². The minimum atomic E-state index is -0.219. The van der Waals surface area contributed by atoms with Crippen LogP contribution in [0.2, 0.25) is 0 Å². The largest absolute Gasteiger partial charge is 0.393 e. The van der Waals surface area contributed by atoms with E-state index in [4.69, 9.17) is 5.73 Å². The maximum atomic E-state index is 11.2. The molecule has 0 spiro atoms. The quantitative estimate of drug-likeness (QED) is 0.729. The van der Waals surface area contributed by atoms with Crippen molar-refractivity contribution in [3.8, 4) is 0 Å². The van der Waals surface area contributed by atoms with Gasteiger partial charge < -0.3 is 11.1 Å². The van der Waals surface area contributed by atoms with Crippen molar-refractivity contribution in [1.29, 1.82) is 0 Å². The smallest absolute Gasteiger partial charge is 0.231 e. The maximum Gasteiger partial charge on any atom is 0.231 e. The van der Waals surface area contributed by atoms with Gasteiger partial charge in [-0.15, -0.1) is 0 Å². The van der Waals surface area contributed by atoms with Gasteiger partial charge in [-0.3, -0.25) is 9.78 Å². The fourth-order valence-corrected chi connectivity index (χ4v) is 1.04. The molecule has 1 heterocycles. The number of anilines is 1. The van der Waals surface area contributed by atoms with Crippen LogP contribution in [0, 0.1) is 6.92 Å². The molecule has 0 unspecified atom stereocenters. The Kier molecular flexibility index (Phi) is 3.53. The third-order valence-corrected chi connectivity index (χ3v) is 1.67. The number of carbonyl (C=O) groups excluding carboxylic acids is 1. The summed E-state index contributed by atoms with van der Waals surface area (Å²) in [5.74, 6) is -0.219. The van der Waals surface area contributed by atoms with E-state index in [0.717, 1.165) is 5.69 Å². The average molecular weight is 209 g/mol. The molecule has 14 heavy (non-hydrogen) atoms. The highest BCUT2D eigenvalue weighted by Crippen LogP contribution is 2.05. The first kappa shape index (κ1) is 10.6. The Morgan fingerprint density at radius 3 is 2.86 bits per heavy atom. The summed E-state index contributed by atoms with van der Waals surface area (Å²) in [7, 11) is 0. The van der Waals surface area contributed by atoms with Crippen LogP contribution >= 0.6 is 12.2 Å². The molecule has 0 radical (unpaired) electrons. The van der Waals surface area contributed by atoms with E-state index in [2.05, 4.69) is 22.5 Å². The number of thiocarbonyl (C=S) groups is 1. The summed E-state index contributed by atoms with van der Waals surface area (Å²) in [6.07, 6.45) is 1.65. The summed E-state index contributed by atoms with van der Waals surface area (Å²) in [6.45, 7) is 1.88. The number of amides is 1. The summed E-state index contributed by atoms with van der Waals surface area (Å²) in [4.78, 5) is 15.4. The zero-order valence-electron chi connectivity index (χ0n) is 7.78. The van der Waals surface area contributed by atoms with E-state index in [-0.39, 0.29) is 17.3 Å². The standard InChI is InChI=1S/C9H11N3OS/c1-6-2-3-7(5-11-6)12-9(13)4-8(10)14/h2-3,5H,4H2,1H3,(H2,10,14)(H,12,13). The Bertz CT molecular complexity index is 348. The van der Waals surface area contributed by atoms with Crippen LogP contribution in [0.3, 0.4) is 0 Å². The van der Waals surface area contributed by atoms with Crippen LogP contribution in [0.5, 0.6) is 0 Å². The van der Waals surface area contributed by atoms with E-state index in [1.807, 2.05) is 13.0 Å². The summed E-state index contributed by atoms with van der Waals surface area (Å²) in [6, 6.07) is 3.59. The van der Waals surface area contributed by atoms with Gasteiger partial charge in [-0.1, -0.05) is 12.2 Å². The highest BCUT2D eigenvalue weighted by molar-refractivity contribution is 7.80. The van der Waals surface area contributed by atoms with Crippen molar-refractivity contribution >= 4 is 28.8 Å². The minimum absolute atomic E-state index is 0.0587. The van der Waals surface area contributed by atoms with Gasteiger partial charge in [0.1, 0.15) is 0 Å². The van der Waals surface area contributed by atoms with Crippen LogP contribution in [0.1, 0.15) is 12.1 Å². The second-order valence-electron chi connectivity index (χ2n) is 2.88. The Morgan fingerprint density at radius 2 is 2.36 bits per heavy atom. The van der Waals surface area contributed by atoms with Gasteiger partial charge in [0.25, 0.3) is 0 Å². The lowest BCUT2D eigenvalue weighted by Gasteiger charge is -2.03. The number of aryl methyl sites for hydroxylation is 1. The highest BCUT2D eigenvalue weighted by Gasteiger charge is 2.03. The summed E-state index contributed by atoms with van der Waals surface area (Å²) < 4.78 is 0. The number of hydrogen-bond acceptors (Lipinski definition) is 3. The van der Waals surface area contributed by atoms with Gasteiger partial charge in [0.2, 0.25) is 5.91 Å². The lowest BCUT2D eigenvalue weighted by atomic mass is 10.3. The summed E-state index contributed by atoms with van der Waals surface area (Å²) in [5.41, 5.74) is 6.78. The predicted octanol–water partition coefficient (Wildman–Crippen LogP) is 1.00. The number of carbonyl (C=O) groups is 1. The molecule has 0 bridgehead atoms. The molecular weight excluding hydrogens is 198 g/mol. The molecule has 0 saturated carbocycles. The van der Waals surface area contributed by atoms with Gasteiger partial charge in [0.05, 0.1) is 23.3 Å². The van der Waals surface area contributed by atoms with Crippen molar-refractivity contribution in [2.75, 3.05) is 5.32 Å². The van der Waals surface area contributed by atoms with Gasteiger partial charge in [-0.25, -0.2) is 0 Å². The molecule has 1 rings (SSSR count). The van der Waals surface area contributed by atoms with Crippen molar-refractivity contribution in [2.24, 2.45) is 5.73 Å². The monoisotopic (exact) mass is 209 g/mol. The lowest BCUT2D eigenvalue weighted by Crippen LogP contribution is -2.20. The van der Waals surface area contributed by atoms with Crippen LogP contribution in [0.4, 0.5) is 5.69 Å². The van der Waals surface area contributed by atoms with Crippen molar-refractivity contribution in [3.63, 3.8) is 0 Å². The van der Waals surface area contributed by atoms with Crippen LogP contribution < -0.4 is 11.1 Å². The molecule has 4 nitrogen and oxygen atoms in total. The lowest BCUT2D eigenvalue weighted by molar-refractivity contribution is -0.115. The molecule has 1 aromatic heterocycles. The average Bonchev–Trinajstić information content (AvgIpc) is 2.07. The van der Waals surface area contributed by atoms with Gasteiger partial charge in [-0.05, 0) is 19.1 Å². The number of nitrogens with one attached hydrogen (secondary N) is 1. The fraction of sp³-hybridized carbons (Fsp3) is 0.222. The number of nitrogens with two attached hydrogens (primary N) is 1. The number of nitrogens with zero attached hydrogens (tertiary/aromatic N) is 1. The van der Waals surface area contributed by atoms with Gasteiger partial charge in [0.15, 0.2) is 0 Å². The van der Waals surface area contributed by atoms with Crippen molar-refractivity contribution in [1.82, 2.24) is 4.98 Å². The van der Waals surface area contributed by atoms with E-state index in [1.165, 1.54) is 0 Å². The van der Waals surface area contributed by atoms with E-state index in [0.29, 0.717) is 5.69 Å². The molecule has 1 amide bonds. The van der Waals surface area contributed by atoms with Crippen molar-refractivity contribution in [3.05, 3.63) is 24.0 Å². The molecule has 3 N–H and O–H groups in total. The second-order valence-corrected chi connectivity index (χ2v) is 3.40. The molecule has 5 heteroatoms. The number of hydrogen-bond donors (Lipinski definition) is 2. The number of pyridine rings is 1. The van der Waals surface area contributed by atoms with E-state index < -0.39 is 0 Å². The molecule has 0 aromatic carbocycles. The van der Waals surface area contributed by atoms with Crippen molar-refractivity contribution in [2.45, 2.75) is 13.3 Å². The third-order valence-electron chi connectivity index (χ3n) is 1.53. The Morgan fingerprint density at radius 1 is 1.64 bits per heavy atom. The van der Waals surface area contributed by atoms with Gasteiger partial charge >= 0.3 is 0 Å². The first-order chi connectivity index (χ1) is 6.58. The van der Waals surface area contributed by atoms with E-state index in [1.54, 1.807) is 12.3 Å². The Hall–Kier alpha value is -1.49. The molecule has 0 saturated heterocycles. The normalized spacial score (nSPS) is 9.50. The second kappa shape index (κ2) is 4.66. The summed E-state index contributed by atoms with van der Waals surface area (Å²) >= 11 is 4.61. The summed E-state index contributed by atoms with van der Waals surface area (Å²) in [5, 5.41) is 2.63. The Balaban J connectivity index is 2.56. The van der Waals surface area contributed by atoms with Crippen LogP contribution in [0.15, 0.2) is 18.3 Å². The van der Waals surface area contributed by atoms with Gasteiger partial charge in [0, 0.05) is 5.69 Å². The van der Waals surface area contributed by atoms with E-state index >= 15 is 0 Å². The number of aromatic nitrogens is 1. The zero-order valence-corrected chi connectivity index (χ0v) is 8.60. The highest BCUT2D eigenvalue weighted by atomic mass is 32.1. The fourth-order valence-electron chi connectivity index (χ4n) is 0.905. The molecule has 0 aliphatic carbocycles. The van der Waals surface area contributed by atoms with E-state index in [9.17, 15) is 4.79 Å². The SMILES string of the molecule is Cc1ccc(NC(=O)CC(N)=S)cn1. The molecule has 74 valence electrons.